The van der Waals surface area contributed by atoms with Gasteiger partial charge in [0.2, 0.25) is 0 Å². The van der Waals surface area contributed by atoms with Crippen molar-refractivity contribution in [3.05, 3.63) is 59.7 Å². The van der Waals surface area contributed by atoms with Crippen molar-refractivity contribution < 1.29 is 28.7 Å². The number of rotatable bonds is 0. The molecule has 0 saturated carbocycles. The van der Waals surface area contributed by atoms with Gasteiger partial charge in [0.1, 0.15) is 22.7 Å². The average Bonchev–Trinajstić information content (AvgIpc) is 3.42. The standard InChI is InChI=1S/C26H24N2O6/c29-19-13-25(33-21-7-3-1-5-17(19)21)9-11-27(15-25)23(31)24(32)28-12-10-26(16-28)14-20(30)18-6-2-4-8-22(18)34-26/h1-8H,9-16H2. The van der Waals surface area contributed by atoms with Gasteiger partial charge in [-0.05, 0) is 24.3 Å². The zero-order valence-corrected chi connectivity index (χ0v) is 18.6. The van der Waals surface area contributed by atoms with Gasteiger partial charge >= 0.3 is 11.8 Å². The first-order valence-electron chi connectivity index (χ1n) is 11.6. The smallest absolute Gasteiger partial charge is 0.312 e. The van der Waals surface area contributed by atoms with E-state index in [2.05, 4.69) is 0 Å². The van der Waals surface area contributed by atoms with E-state index in [4.69, 9.17) is 9.47 Å². The molecule has 8 nitrogen and oxygen atoms in total. The van der Waals surface area contributed by atoms with E-state index in [1.807, 2.05) is 12.1 Å². The first kappa shape index (κ1) is 20.9. The summed E-state index contributed by atoms with van der Waals surface area (Å²) in [4.78, 5) is 54.5. The van der Waals surface area contributed by atoms with Crippen LogP contribution < -0.4 is 9.47 Å². The number of amides is 2. The highest BCUT2D eigenvalue weighted by Gasteiger charge is 2.51. The predicted molar refractivity (Wildman–Crippen MR) is 120 cm³/mol. The molecular formula is C26H24N2O6. The molecule has 2 fully saturated rings. The third-order valence-corrected chi connectivity index (χ3v) is 7.38. The van der Waals surface area contributed by atoms with Gasteiger partial charge in [-0.2, -0.15) is 0 Å². The van der Waals surface area contributed by atoms with Crippen LogP contribution in [0.2, 0.25) is 0 Å². The lowest BCUT2D eigenvalue weighted by Gasteiger charge is -2.35. The molecule has 2 unspecified atom stereocenters. The highest BCUT2D eigenvalue weighted by molar-refractivity contribution is 6.35. The van der Waals surface area contributed by atoms with E-state index < -0.39 is 23.0 Å². The molecule has 174 valence electrons. The summed E-state index contributed by atoms with van der Waals surface area (Å²) in [7, 11) is 0. The summed E-state index contributed by atoms with van der Waals surface area (Å²) in [5.41, 5.74) is -0.480. The van der Waals surface area contributed by atoms with E-state index >= 15 is 0 Å². The van der Waals surface area contributed by atoms with E-state index in [-0.39, 0.29) is 37.5 Å². The van der Waals surface area contributed by atoms with Crippen molar-refractivity contribution in [2.24, 2.45) is 0 Å². The molecule has 2 saturated heterocycles. The molecule has 0 aliphatic carbocycles. The number of Topliss-reactive ketones (excluding diaryl/α,β-unsaturated/α-hetero) is 2. The summed E-state index contributed by atoms with van der Waals surface area (Å²) >= 11 is 0. The molecule has 2 aromatic rings. The second-order valence-corrected chi connectivity index (χ2v) is 9.72. The Kier molecular flexibility index (Phi) is 4.56. The van der Waals surface area contributed by atoms with Crippen molar-refractivity contribution in [1.29, 1.82) is 0 Å². The van der Waals surface area contributed by atoms with Gasteiger partial charge in [0, 0.05) is 25.9 Å². The van der Waals surface area contributed by atoms with Crippen LogP contribution in [0.4, 0.5) is 0 Å². The number of para-hydroxylation sites is 2. The fraction of sp³-hybridized carbons (Fsp3) is 0.385. The molecule has 0 bridgehead atoms. The molecule has 2 atom stereocenters. The zero-order chi connectivity index (χ0) is 23.5. The van der Waals surface area contributed by atoms with Crippen molar-refractivity contribution in [1.82, 2.24) is 9.80 Å². The number of hydrogen-bond acceptors (Lipinski definition) is 6. The number of hydrogen-bond donors (Lipinski definition) is 0. The largest absolute Gasteiger partial charge is 0.484 e. The molecule has 0 N–H and O–H groups in total. The van der Waals surface area contributed by atoms with Crippen molar-refractivity contribution >= 4 is 23.4 Å². The molecule has 34 heavy (non-hydrogen) atoms. The number of ketones is 2. The predicted octanol–water partition coefficient (Wildman–Crippen LogP) is 2.26. The van der Waals surface area contributed by atoms with Gasteiger partial charge in [0.05, 0.1) is 37.1 Å². The highest BCUT2D eigenvalue weighted by Crippen LogP contribution is 2.40. The Balaban J connectivity index is 1.14. The lowest BCUT2D eigenvalue weighted by atomic mass is 9.89. The normalized spacial score (nSPS) is 27.4. The molecule has 4 heterocycles. The maximum absolute atomic E-state index is 13.1. The maximum Gasteiger partial charge on any atom is 0.312 e. The molecule has 2 spiro atoms. The fourth-order valence-corrected chi connectivity index (χ4v) is 5.65. The fourth-order valence-electron chi connectivity index (χ4n) is 5.65. The molecule has 6 rings (SSSR count). The first-order valence-corrected chi connectivity index (χ1v) is 11.6. The van der Waals surface area contributed by atoms with E-state index in [0.29, 0.717) is 48.6 Å². The molecule has 2 aromatic carbocycles. The Morgan fingerprint density at radius 1 is 0.676 bits per heavy atom. The Hall–Kier alpha value is -3.68. The molecule has 2 amide bonds. The third kappa shape index (κ3) is 3.28. The molecular weight excluding hydrogens is 436 g/mol. The van der Waals surface area contributed by atoms with Gasteiger partial charge in [0.15, 0.2) is 11.6 Å². The summed E-state index contributed by atoms with van der Waals surface area (Å²) in [6.45, 7) is 1.08. The monoisotopic (exact) mass is 460 g/mol. The van der Waals surface area contributed by atoms with Crippen LogP contribution in [0.1, 0.15) is 46.4 Å². The van der Waals surface area contributed by atoms with Gasteiger partial charge < -0.3 is 19.3 Å². The number of nitrogens with zero attached hydrogens (tertiary/aromatic N) is 2. The SMILES string of the molecule is O=C1CC2(CCN(C(=O)C(=O)N3CCC4(CC(=O)c5ccccc5O4)C3)C2)Oc2ccccc21. The minimum Gasteiger partial charge on any atom is -0.484 e. The Morgan fingerprint density at radius 3 is 1.53 bits per heavy atom. The summed E-state index contributed by atoms with van der Waals surface area (Å²) in [6.07, 6.45) is 1.35. The van der Waals surface area contributed by atoms with Crippen LogP contribution in [0.15, 0.2) is 48.5 Å². The van der Waals surface area contributed by atoms with Crippen LogP contribution in [0.5, 0.6) is 11.5 Å². The summed E-state index contributed by atoms with van der Waals surface area (Å²) in [5, 5.41) is 0. The van der Waals surface area contributed by atoms with Crippen molar-refractivity contribution in [3.63, 3.8) is 0 Å². The topological polar surface area (TPSA) is 93.2 Å². The minimum atomic E-state index is -0.795. The van der Waals surface area contributed by atoms with Gasteiger partial charge in [0.25, 0.3) is 0 Å². The molecule has 4 aliphatic rings. The van der Waals surface area contributed by atoms with Crippen LogP contribution >= 0.6 is 0 Å². The van der Waals surface area contributed by atoms with Crippen LogP contribution in [-0.2, 0) is 9.59 Å². The van der Waals surface area contributed by atoms with Gasteiger partial charge in [-0.15, -0.1) is 0 Å². The Labute approximate surface area is 196 Å². The number of ether oxygens (including phenoxy) is 2. The number of fused-ring (bicyclic) bond motifs is 2. The van der Waals surface area contributed by atoms with E-state index in [0.717, 1.165) is 0 Å². The molecule has 4 aliphatic heterocycles. The first-order chi connectivity index (χ1) is 16.4. The average molecular weight is 460 g/mol. The van der Waals surface area contributed by atoms with Crippen LogP contribution in [0.3, 0.4) is 0 Å². The van der Waals surface area contributed by atoms with Crippen molar-refractivity contribution in [3.8, 4) is 11.5 Å². The number of benzene rings is 2. The van der Waals surface area contributed by atoms with Crippen molar-refractivity contribution in [2.75, 3.05) is 26.2 Å². The number of carbonyl (C=O) groups excluding carboxylic acids is 4. The second-order valence-electron chi connectivity index (χ2n) is 9.72. The van der Waals surface area contributed by atoms with Gasteiger partial charge in [-0.1, -0.05) is 24.3 Å². The van der Waals surface area contributed by atoms with Crippen LogP contribution in [0.25, 0.3) is 0 Å². The summed E-state index contributed by atoms with van der Waals surface area (Å²) < 4.78 is 12.3. The van der Waals surface area contributed by atoms with Gasteiger partial charge in [-0.25, -0.2) is 0 Å². The summed E-state index contributed by atoms with van der Waals surface area (Å²) in [6, 6.07) is 14.2. The lowest BCUT2D eigenvalue weighted by Crippen LogP contribution is -2.50. The van der Waals surface area contributed by atoms with E-state index in [9.17, 15) is 19.2 Å². The van der Waals surface area contributed by atoms with E-state index in [1.54, 1.807) is 36.4 Å². The second kappa shape index (κ2) is 7.41. The Bertz CT molecular complexity index is 1150. The molecule has 8 heteroatoms. The maximum atomic E-state index is 13.1. The third-order valence-electron chi connectivity index (χ3n) is 7.38. The minimum absolute atomic E-state index is 0.0108. The van der Waals surface area contributed by atoms with E-state index in [1.165, 1.54) is 9.80 Å². The number of carbonyl (C=O) groups is 4. The number of likely N-dealkylation sites (tertiary alicyclic amines) is 2. The van der Waals surface area contributed by atoms with Crippen molar-refractivity contribution in [2.45, 2.75) is 36.9 Å². The zero-order valence-electron chi connectivity index (χ0n) is 18.6. The molecule has 0 aromatic heterocycles. The highest BCUT2D eigenvalue weighted by atomic mass is 16.5. The van der Waals surface area contributed by atoms with Crippen LogP contribution in [-0.4, -0.2) is 70.6 Å². The Morgan fingerprint density at radius 2 is 1.09 bits per heavy atom. The quantitative estimate of drug-likeness (QED) is 0.560. The molecule has 0 radical (unpaired) electrons. The van der Waals surface area contributed by atoms with Crippen LogP contribution in [0, 0.1) is 0 Å². The van der Waals surface area contributed by atoms with Gasteiger partial charge in [-0.3, -0.25) is 19.2 Å². The summed E-state index contributed by atoms with van der Waals surface area (Å²) in [5.74, 6) is -0.176. The lowest BCUT2D eigenvalue weighted by molar-refractivity contribution is -0.151.